The average Bonchev–Trinajstić information content (AvgIpc) is 2.40. The summed E-state index contributed by atoms with van der Waals surface area (Å²) in [6.07, 6.45) is 3.31. The van der Waals surface area contributed by atoms with Crippen LogP contribution in [0.15, 0.2) is 24.3 Å². The number of ether oxygens (including phenoxy) is 1. The molecule has 0 saturated heterocycles. The maximum Gasteiger partial charge on any atom is 0.157 e. The van der Waals surface area contributed by atoms with Crippen LogP contribution in [0.4, 0.5) is 0 Å². The molecule has 0 fully saturated rings. The molecule has 0 N–H and O–H groups in total. The first-order chi connectivity index (χ1) is 9.90. The molecule has 0 aliphatic carbocycles. The SMILES string of the molecule is CCCC(CCC)S(=O)(=O)Cc1ccccc1OC(C)C. The van der Waals surface area contributed by atoms with Crippen LogP contribution in [-0.4, -0.2) is 19.8 Å². The highest BCUT2D eigenvalue weighted by Gasteiger charge is 2.25. The van der Waals surface area contributed by atoms with Crippen molar-refractivity contribution in [3.05, 3.63) is 29.8 Å². The number of hydrogen-bond acceptors (Lipinski definition) is 3. The van der Waals surface area contributed by atoms with E-state index in [1.54, 1.807) is 0 Å². The third kappa shape index (κ3) is 5.70. The Labute approximate surface area is 129 Å². The van der Waals surface area contributed by atoms with Gasteiger partial charge in [0, 0.05) is 5.56 Å². The lowest BCUT2D eigenvalue weighted by atomic mass is 10.2. The van der Waals surface area contributed by atoms with E-state index in [2.05, 4.69) is 0 Å². The summed E-state index contributed by atoms with van der Waals surface area (Å²) in [5, 5.41) is -0.236. The van der Waals surface area contributed by atoms with Crippen molar-refractivity contribution in [2.45, 2.75) is 70.5 Å². The highest BCUT2D eigenvalue weighted by Crippen LogP contribution is 2.25. The molecule has 0 aliphatic heterocycles. The average molecular weight is 312 g/mol. The van der Waals surface area contributed by atoms with Gasteiger partial charge in [-0.3, -0.25) is 0 Å². The number of sulfone groups is 1. The molecule has 1 aromatic rings. The lowest BCUT2D eigenvalue weighted by Crippen LogP contribution is -2.23. The first-order valence-corrected chi connectivity index (χ1v) is 9.58. The van der Waals surface area contributed by atoms with Gasteiger partial charge in [-0.05, 0) is 32.8 Å². The molecule has 0 radical (unpaired) electrons. The van der Waals surface area contributed by atoms with E-state index in [1.165, 1.54) is 0 Å². The zero-order chi connectivity index (χ0) is 15.9. The molecule has 0 aromatic heterocycles. The Kier molecular flexibility index (Phi) is 7.23. The first kappa shape index (κ1) is 18.0. The molecular formula is C17H28O3S. The van der Waals surface area contributed by atoms with Gasteiger partial charge in [0.05, 0.1) is 17.1 Å². The monoisotopic (exact) mass is 312 g/mol. The van der Waals surface area contributed by atoms with E-state index in [-0.39, 0.29) is 17.1 Å². The van der Waals surface area contributed by atoms with Crippen molar-refractivity contribution in [3.8, 4) is 5.75 Å². The van der Waals surface area contributed by atoms with Gasteiger partial charge in [-0.1, -0.05) is 44.9 Å². The van der Waals surface area contributed by atoms with Gasteiger partial charge in [0.15, 0.2) is 9.84 Å². The number of rotatable bonds is 9. The fraction of sp³-hybridized carbons (Fsp3) is 0.647. The van der Waals surface area contributed by atoms with Crippen molar-refractivity contribution in [3.63, 3.8) is 0 Å². The fourth-order valence-electron chi connectivity index (χ4n) is 2.47. The second kappa shape index (κ2) is 8.42. The Balaban J connectivity index is 2.97. The van der Waals surface area contributed by atoms with Crippen LogP contribution in [0.5, 0.6) is 5.75 Å². The van der Waals surface area contributed by atoms with Gasteiger partial charge in [-0.2, -0.15) is 0 Å². The molecule has 1 rings (SSSR count). The van der Waals surface area contributed by atoms with Crippen LogP contribution < -0.4 is 4.74 Å². The lowest BCUT2D eigenvalue weighted by molar-refractivity contribution is 0.240. The van der Waals surface area contributed by atoms with Crippen molar-refractivity contribution in [1.82, 2.24) is 0 Å². The molecule has 0 saturated carbocycles. The minimum atomic E-state index is -3.14. The maximum absolute atomic E-state index is 12.7. The number of benzene rings is 1. The van der Waals surface area contributed by atoms with E-state index in [9.17, 15) is 8.42 Å². The third-order valence-electron chi connectivity index (χ3n) is 3.42. The predicted molar refractivity (Wildman–Crippen MR) is 88.4 cm³/mol. The van der Waals surface area contributed by atoms with E-state index < -0.39 is 9.84 Å². The summed E-state index contributed by atoms with van der Waals surface area (Å²) in [4.78, 5) is 0. The molecule has 21 heavy (non-hydrogen) atoms. The first-order valence-electron chi connectivity index (χ1n) is 7.86. The summed E-state index contributed by atoms with van der Waals surface area (Å²) in [5.41, 5.74) is 0.767. The summed E-state index contributed by atoms with van der Waals surface area (Å²) in [5.74, 6) is 0.753. The topological polar surface area (TPSA) is 43.4 Å². The van der Waals surface area contributed by atoms with Crippen molar-refractivity contribution in [2.75, 3.05) is 0 Å². The van der Waals surface area contributed by atoms with E-state index in [4.69, 9.17) is 4.74 Å². The smallest absolute Gasteiger partial charge is 0.157 e. The highest BCUT2D eigenvalue weighted by molar-refractivity contribution is 7.91. The molecule has 0 spiro atoms. The van der Waals surface area contributed by atoms with Gasteiger partial charge in [0.2, 0.25) is 0 Å². The molecule has 0 unspecified atom stereocenters. The van der Waals surface area contributed by atoms with Gasteiger partial charge in [-0.25, -0.2) is 8.42 Å². The molecule has 0 amide bonds. The van der Waals surface area contributed by atoms with Crippen LogP contribution in [0.2, 0.25) is 0 Å². The van der Waals surface area contributed by atoms with E-state index in [1.807, 2.05) is 52.0 Å². The van der Waals surface area contributed by atoms with Crippen LogP contribution in [-0.2, 0) is 15.6 Å². The summed E-state index contributed by atoms with van der Waals surface area (Å²) in [6.45, 7) is 7.96. The summed E-state index contributed by atoms with van der Waals surface area (Å²) < 4.78 is 31.1. The molecule has 0 heterocycles. The molecule has 3 nitrogen and oxygen atoms in total. The van der Waals surface area contributed by atoms with Crippen LogP contribution in [0.25, 0.3) is 0 Å². The van der Waals surface area contributed by atoms with Crippen molar-refractivity contribution >= 4 is 9.84 Å². The Morgan fingerprint density at radius 3 is 2.14 bits per heavy atom. The van der Waals surface area contributed by atoms with Crippen molar-refractivity contribution < 1.29 is 13.2 Å². The molecule has 1 aromatic carbocycles. The molecule has 0 bridgehead atoms. The number of para-hydroxylation sites is 1. The Morgan fingerprint density at radius 1 is 1.05 bits per heavy atom. The molecule has 120 valence electrons. The van der Waals surface area contributed by atoms with Crippen LogP contribution in [0.1, 0.15) is 58.9 Å². The van der Waals surface area contributed by atoms with Crippen LogP contribution >= 0.6 is 0 Å². The Hall–Kier alpha value is -1.03. The maximum atomic E-state index is 12.7. The summed E-state index contributed by atoms with van der Waals surface area (Å²) >= 11 is 0. The molecular weight excluding hydrogens is 284 g/mol. The van der Waals surface area contributed by atoms with E-state index in [0.29, 0.717) is 5.75 Å². The zero-order valence-corrected chi connectivity index (χ0v) is 14.4. The highest BCUT2D eigenvalue weighted by atomic mass is 32.2. The number of hydrogen-bond donors (Lipinski definition) is 0. The Bertz CT molecular complexity index is 515. The van der Waals surface area contributed by atoms with Crippen molar-refractivity contribution in [1.29, 1.82) is 0 Å². The summed E-state index contributed by atoms with van der Waals surface area (Å²) in [6, 6.07) is 7.44. The van der Waals surface area contributed by atoms with Crippen molar-refractivity contribution in [2.24, 2.45) is 0 Å². The zero-order valence-electron chi connectivity index (χ0n) is 13.6. The normalized spacial score (nSPS) is 12.1. The molecule has 4 heteroatoms. The van der Waals surface area contributed by atoms with E-state index in [0.717, 1.165) is 31.2 Å². The minimum Gasteiger partial charge on any atom is -0.491 e. The van der Waals surface area contributed by atoms with Gasteiger partial charge >= 0.3 is 0 Å². The largest absolute Gasteiger partial charge is 0.491 e. The van der Waals surface area contributed by atoms with Gasteiger partial charge < -0.3 is 4.74 Å². The van der Waals surface area contributed by atoms with Gasteiger partial charge in [-0.15, -0.1) is 0 Å². The minimum absolute atomic E-state index is 0.0379. The second-order valence-corrected chi connectivity index (χ2v) is 8.06. The third-order valence-corrected chi connectivity index (χ3v) is 5.62. The molecule has 0 atom stereocenters. The second-order valence-electron chi connectivity index (χ2n) is 5.78. The lowest BCUT2D eigenvalue weighted by Gasteiger charge is -2.18. The quantitative estimate of drug-likeness (QED) is 0.680. The standard InChI is InChI=1S/C17H28O3S/c1-5-9-16(10-6-2)21(18,19)13-15-11-7-8-12-17(15)20-14(3)4/h7-8,11-12,14,16H,5-6,9-10,13H2,1-4H3. The van der Waals surface area contributed by atoms with Gasteiger partial charge in [0.25, 0.3) is 0 Å². The Morgan fingerprint density at radius 2 is 1.62 bits per heavy atom. The van der Waals surface area contributed by atoms with E-state index >= 15 is 0 Å². The van der Waals surface area contributed by atoms with Crippen LogP contribution in [0, 0.1) is 0 Å². The molecule has 0 aliphatic rings. The fourth-order valence-corrected chi connectivity index (χ4v) is 4.57. The predicted octanol–water partition coefficient (Wildman–Crippen LogP) is 4.36. The van der Waals surface area contributed by atoms with Gasteiger partial charge in [0.1, 0.15) is 5.75 Å². The van der Waals surface area contributed by atoms with Crippen LogP contribution in [0.3, 0.4) is 0 Å². The summed E-state index contributed by atoms with van der Waals surface area (Å²) in [7, 11) is -3.14.